The molecule has 8 heteroatoms. The molecule has 0 unspecified atom stereocenters. The van der Waals surface area contributed by atoms with Gasteiger partial charge < -0.3 is 15.4 Å². The lowest BCUT2D eigenvalue weighted by atomic mass is 10.3. The number of halogens is 1. The van der Waals surface area contributed by atoms with Crippen molar-refractivity contribution in [2.45, 2.75) is 19.0 Å². The van der Waals surface area contributed by atoms with Crippen LogP contribution >= 0.6 is 11.6 Å². The number of amides is 1. The van der Waals surface area contributed by atoms with Crippen LogP contribution in [0.5, 0.6) is 0 Å². The number of ether oxygens (including phenoxy) is 1. The topological polar surface area (TPSA) is 81.1 Å². The van der Waals surface area contributed by atoms with E-state index in [4.69, 9.17) is 16.3 Å². The van der Waals surface area contributed by atoms with Gasteiger partial charge in [-0.3, -0.25) is 4.79 Å². The number of aromatic nitrogens is 3. The minimum Gasteiger partial charge on any atom is -0.377 e. The highest BCUT2D eigenvalue weighted by molar-refractivity contribution is 6.30. The van der Waals surface area contributed by atoms with E-state index in [1.807, 2.05) is 10.9 Å². The number of anilines is 1. The SMILES string of the molecule is O=C(CCNCc1cn(C2COC2)nn1)Nc1cccc(Cl)c1. The molecule has 3 rings (SSSR count). The van der Waals surface area contributed by atoms with Gasteiger partial charge in [0.15, 0.2) is 0 Å². The molecule has 0 atom stereocenters. The van der Waals surface area contributed by atoms with E-state index in [0.717, 1.165) is 5.69 Å². The Balaban J connectivity index is 1.36. The third-order valence-electron chi connectivity index (χ3n) is 3.50. The van der Waals surface area contributed by atoms with Gasteiger partial charge in [0.2, 0.25) is 5.91 Å². The fraction of sp³-hybridized carbons (Fsp3) is 0.400. The summed E-state index contributed by atoms with van der Waals surface area (Å²) in [6.07, 6.45) is 2.28. The van der Waals surface area contributed by atoms with Gasteiger partial charge >= 0.3 is 0 Å². The van der Waals surface area contributed by atoms with Crippen LogP contribution in [0.25, 0.3) is 0 Å². The molecule has 1 aromatic carbocycles. The average Bonchev–Trinajstić information content (AvgIpc) is 2.90. The predicted octanol–water partition coefficient (Wildman–Crippen LogP) is 1.62. The van der Waals surface area contributed by atoms with Crippen molar-refractivity contribution < 1.29 is 9.53 Å². The Labute approximate surface area is 139 Å². The summed E-state index contributed by atoms with van der Waals surface area (Å²) >= 11 is 5.88. The Bertz CT molecular complexity index is 671. The highest BCUT2D eigenvalue weighted by Gasteiger charge is 2.21. The Hall–Kier alpha value is -1.96. The largest absolute Gasteiger partial charge is 0.377 e. The number of nitrogens with one attached hydrogen (secondary N) is 2. The Morgan fingerprint density at radius 1 is 1.43 bits per heavy atom. The number of carbonyl (C=O) groups excluding carboxylic acids is 1. The van der Waals surface area contributed by atoms with Crippen LogP contribution in [-0.4, -0.2) is 40.7 Å². The van der Waals surface area contributed by atoms with Crippen LogP contribution in [0.2, 0.25) is 5.02 Å². The molecule has 1 saturated heterocycles. The summed E-state index contributed by atoms with van der Waals surface area (Å²) in [4.78, 5) is 11.8. The van der Waals surface area contributed by atoms with Crippen molar-refractivity contribution >= 4 is 23.2 Å². The predicted molar refractivity (Wildman–Crippen MR) is 86.3 cm³/mol. The summed E-state index contributed by atoms with van der Waals surface area (Å²) in [6, 6.07) is 7.39. The second-order valence-corrected chi connectivity index (χ2v) is 5.80. The summed E-state index contributed by atoms with van der Waals surface area (Å²) in [6.45, 7) is 2.53. The van der Waals surface area contributed by atoms with Gasteiger partial charge in [0, 0.05) is 30.2 Å². The minimum atomic E-state index is -0.0602. The van der Waals surface area contributed by atoms with Gasteiger partial charge in [-0.2, -0.15) is 0 Å². The van der Waals surface area contributed by atoms with Gasteiger partial charge in [-0.25, -0.2) is 4.68 Å². The second kappa shape index (κ2) is 7.54. The third-order valence-corrected chi connectivity index (χ3v) is 3.73. The third kappa shape index (κ3) is 4.51. The quantitative estimate of drug-likeness (QED) is 0.751. The van der Waals surface area contributed by atoms with Crippen molar-refractivity contribution in [2.75, 3.05) is 25.1 Å². The Morgan fingerprint density at radius 3 is 3.04 bits per heavy atom. The van der Waals surface area contributed by atoms with Crippen LogP contribution in [0.15, 0.2) is 30.5 Å². The van der Waals surface area contributed by atoms with Crippen LogP contribution in [0.3, 0.4) is 0 Å². The van der Waals surface area contributed by atoms with Crippen molar-refractivity contribution in [1.82, 2.24) is 20.3 Å². The molecule has 1 amide bonds. The number of hydrogen-bond acceptors (Lipinski definition) is 5. The second-order valence-electron chi connectivity index (χ2n) is 5.37. The Morgan fingerprint density at radius 2 is 2.30 bits per heavy atom. The molecule has 2 heterocycles. The summed E-state index contributed by atoms with van der Waals surface area (Å²) in [5.74, 6) is -0.0602. The zero-order valence-electron chi connectivity index (χ0n) is 12.5. The zero-order valence-corrected chi connectivity index (χ0v) is 13.3. The Kier molecular flexibility index (Phi) is 5.22. The first-order chi connectivity index (χ1) is 11.2. The van der Waals surface area contributed by atoms with Gasteiger partial charge in [-0.15, -0.1) is 5.10 Å². The molecule has 1 aliphatic rings. The standard InChI is InChI=1S/C15H18ClN5O2/c16-11-2-1-3-12(6-11)18-15(22)4-5-17-7-13-8-21(20-19-13)14-9-23-10-14/h1-3,6,8,14,17H,4-5,7,9-10H2,(H,18,22). The summed E-state index contributed by atoms with van der Waals surface area (Å²) in [5.41, 5.74) is 1.56. The lowest BCUT2D eigenvalue weighted by Crippen LogP contribution is -2.31. The first-order valence-electron chi connectivity index (χ1n) is 7.45. The maximum atomic E-state index is 11.8. The molecular weight excluding hydrogens is 318 g/mol. The van der Waals surface area contributed by atoms with Crippen molar-refractivity contribution in [3.63, 3.8) is 0 Å². The van der Waals surface area contributed by atoms with Gasteiger partial charge in [-0.05, 0) is 18.2 Å². The highest BCUT2D eigenvalue weighted by atomic mass is 35.5. The van der Waals surface area contributed by atoms with E-state index >= 15 is 0 Å². The van der Waals surface area contributed by atoms with Crippen molar-refractivity contribution in [3.8, 4) is 0 Å². The number of hydrogen-bond donors (Lipinski definition) is 2. The van der Waals surface area contributed by atoms with Crippen LogP contribution in [0.1, 0.15) is 18.2 Å². The van der Waals surface area contributed by atoms with Gasteiger partial charge in [0.25, 0.3) is 0 Å². The van der Waals surface area contributed by atoms with Gasteiger partial charge in [0.1, 0.15) is 6.04 Å². The van der Waals surface area contributed by atoms with Gasteiger partial charge in [0.05, 0.1) is 25.1 Å². The smallest absolute Gasteiger partial charge is 0.225 e. The molecule has 0 aliphatic carbocycles. The molecular formula is C15H18ClN5O2. The van der Waals surface area contributed by atoms with E-state index in [1.165, 1.54) is 0 Å². The van der Waals surface area contributed by atoms with E-state index in [-0.39, 0.29) is 5.91 Å². The lowest BCUT2D eigenvalue weighted by Gasteiger charge is -2.25. The molecule has 1 aromatic heterocycles. The van der Waals surface area contributed by atoms with Crippen LogP contribution in [0, 0.1) is 0 Å². The summed E-state index contributed by atoms with van der Waals surface area (Å²) in [5, 5.41) is 14.8. The molecule has 0 radical (unpaired) electrons. The minimum absolute atomic E-state index is 0.0602. The first kappa shape index (κ1) is 15.9. The number of nitrogens with zero attached hydrogens (tertiary/aromatic N) is 3. The van der Waals surface area contributed by atoms with Gasteiger partial charge in [-0.1, -0.05) is 22.9 Å². The number of rotatable bonds is 7. The molecule has 23 heavy (non-hydrogen) atoms. The first-order valence-corrected chi connectivity index (χ1v) is 7.83. The molecule has 122 valence electrons. The molecule has 0 saturated carbocycles. The molecule has 2 N–H and O–H groups in total. The molecule has 1 aliphatic heterocycles. The summed E-state index contributed by atoms with van der Waals surface area (Å²) < 4.78 is 6.95. The average molecular weight is 336 g/mol. The van der Waals surface area contributed by atoms with Crippen molar-refractivity contribution in [1.29, 1.82) is 0 Å². The van der Waals surface area contributed by atoms with Crippen LogP contribution in [0.4, 0.5) is 5.69 Å². The maximum Gasteiger partial charge on any atom is 0.225 e. The molecule has 1 fully saturated rings. The molecule has 0 bridgehead atoms. The monoisotopic (exact) mass is 335 g/mol. The van der Waals surface area contributed by atoms with E-state index in [1.54, 1.807) is 24.3 Å². The normalized spacial score (nSPS) is 14.5. The summed E-state index contributed by atoms with van der Waals surface area (Å²) in [7, 11) is 0. The molecule has 2 aromatic rings. The number of benzene rings is 1. The lowest BCUT2D eigenvalue weighted by molar-refractivity contribution is -0.116. The van der Waals surface area contributed by atoms with Crippen molar-refractivity contribution in [3.05, 3.63) is 41.2 Å². The molecule has 0 spiro atoms. The van der Waals surface area contributed by atoms with E-state index in [0.29, 0.717) is 49.5 Å². The zero-order chi connectivity index (χ0) is 16.1. The van der Waals surface area contributed by atoms with Crippen LogP contribution in [-0.2, 0) is 16.1 Å². The fourth-order valence-electron chi connectivity index (χ4n) is 2.16. The maximum absolute atomic E-state index is 11.8. The fourth-order valence-corrected chi connectivity index (χ4v) is 2.35. The molecule has 7 nitrogen and oxygen atoms in total. The van der Waals surface area contributed by atoms with Crippen molar-refractivity contribution in [2.24, 2.45) is 0 Å². The van der Waals surface area contributed by atoms with E-state index < -0.39 is 0 Å². The van der Waals surface area contributed by atoms with E-state index in [9.17, 15) is 4.79 Å². The van der Waals surface area contributed by atoms with Crippen LogP contribution < -0.4 is 10.6 Å². The highest BCUT2D eigenvalue weighted by Crippen LogP contribution is 2.16. The number of carbonyl (C=O) groups is 1. The van der Waals surface area contributed by atoms with E-state index in [2.05, 4.69) is 20.9 Å².